The average molecular weight is 313 g/mol. The van der Waals surface area contributed by atoms with Crippen molar-refractivity contribution in [1.29, 1.82) is 0 Å². The summed E-state index contributed by atoms with van der Waals surface area (Å²) in [5.41, 5.74) is 0.0313. The molecule has 1 aromatic rings. The highest BCUT2D eigenvalue weighted by atomic mass is 32.2. The second kappa shape index (κ2) is 6.71. The first-order chi connectivity index (χ1) is 9.70. The Morgan fingerprint density at radius 3 is 2.33 bits per heavy atom. The molecule has 2 unspecified atom stereocenters. The number of nitrogens with one attached hydrogen (secondary N) is 1. The van der Waals surface area contributed by atoms with Gasteiger partial charge in [-0.25, -0.2) is 8.42 Å². The lowest BCUT2D eigenvalue weighted by Gasteiger charge is -2.18. The quantitative estimate of drug-likeness (QED) is 0.825. The van der Waals surface area contributed by atoms with Crippen molar-refractivity contribution in [1.82, 2.24) is 5.32 Å². The number of sulfone groups is 1. The Bertz CT molecular complexity index is 639. The molecule has 0 saturated carbocycles. The zero-order chi connectivity index (χ0) is 16.2. The van der Waals surface area contributed by atoms with Crippen LogP contribution in [0.25, 0.3) is 0 Å². The smallest absolute Gasteiger partial charge is 0.308 e. The molecule has 0 spiro atoms. The van der Waals surface area contributed by atoms with Crippen LogP contribution in [-0.2, 0) is 14.6 Å². The van der Waals surface area contributed by atoms with E-state index in [2.05, 4.69) is 5.32 Å². The Balaban J connectivity index is 3.07. The lowest BCUT2D eigenvalue weighted by Crippen LogP contribution is -2.40. The van der Waals surface area contributed by atoms with E-state index in [-0.39, 0.29) is 16.2 Å². The predicted octanol–water partition coefficient (Wildman–Crippen LogP) is 1.32. The maximum atomic E-state index is 12.2. The van der Waals surface area contributed by atoms with E-state index in [4.69, 9.17) is 5.11 Å². The molecular weight excluding hydrogens is 294 g/mol. The van der Waals surface area contributed by atoms with Crippen LogP contribution in [0.15, 0.2) is 29.2 Å². The maximum Gasteiger partial charge on any atom is 0.308 e. The standard InChI is InChI=1S/C14H19NO5S/c1-4-21(19,20)12-8-6-5-7-11(12)13(16)15-10(3)9(2)14(17)18/h5-10H,4H2,1-3H3,(H,15,16)(H,17,18). The van der Waals surface area contributed by atoms with Gasteiger partial charge >= 0.3 is 5.97 Å². The van der Waals surface area contributed by atoms with E-state index in [0.717, 1.165) is 0 Å². The minimum atomic E-state index is -3.52. The first-order valence-electron chi connectivity index (χ1n) is 6.56. The summed E-state index contributed by atoms with van der Waals surface area (Å²) >= 11 is 0. The fourth-order valence-corrected chi connectivity index (χ4v) is 2.80. The SMILES string of the molecule is CCS(=O)(=O)c1ccccc1C(=O)NC(C)C(C)C(=O)O. The van der Waals surface area contributed by atoms with Crippen molar-refractivity contribution in [2.45, 2.75) is 31.7 Å². The third-order valence-corrected chi connectivity index (χ3v) is 5.13. The Morgan fingerprint density at radius 2 is 1.81 bits per heavy atom. The molecule has 6 nitrogen and oxygen atoms in total. The van der Waals surface area contributed by atoms with E-state index in [9.17, 15) is 18.0 Å². The summed E-state index contributed by atoms with van der Waals surface area (Å²) in [6.45, 7) is 4.54. The van der Waals surface area contributed by atoms with Crippen LogP contribution < -0.4 is 5.32 Å². The molecule has 21 heavy (non-hydrogen) atoms. The number of carboxylic acid groups (broad SMARTS) is 1. The molecule has 1 aromatic carbocycles. The third-order valence-electron chi connectivity index (χ3n) is 3.35. The number of rotatable bonds is 6. The fourth-order valence-electron chi connectivity index (χ4n) is 1.70. The zero-order valence-electron chi connectivity index (χ0n) is 12.2. The van der Waals surface area contributed by atoms with Gasteiger partial charge in [0.15, 0.2) is 9.84 Å². The summed E-state index contributed by atoms with van der Waals surface area (Å²) in [6.07, 6.45) is 0. The van der Waals surface area contributed by atoms with Crippen molar-refractivity contribution in [2.24, 2.45) is 5.92 Å². The molecule has 1 amide bonds. The topological polar surface area (TPSA) is 101 Å². The molecule has 0 aliphatic heterocycles. The summed E-state index contributed by atoms with van der Waals surface area (Å²) in [5, 5.41) is 11.4. The molecular formula is C14H19NO5S. The molecule has 0 bridgehead atoms. The summed E-state index contributed by atoms with van der Waals surface area (Å²) in [7, 11) is -3.52. The Kier molecular flexibility index (Phi) is 5.48. The van der Waals surface area contributed by atoms with Gasteiger partial charge in [0, 0.05) is 6.04 Å². The van der Waals surface area contributed by atoms with Crippen molar-refractivity contribution in [3.8, 4) is 0 Å². The van der Waals surface area contributed by atoms with Crippen LogP contribution in [0.1, 0.15) is 31.1 Å². The number of hydrogen-bond donors (Lipinski definition) is 2. The van der Waals surface area contributed by atoms with Crippen LogP contribution in [0.5, 0.6) is 0 Å². The van der Waals surface area contributed by atoms with Crippen molar-refractivity contribution in [3.05, 3.63) is 29.8 Å². The maximum absolute atomic E-state index is 12.2. The molecule has 0 fully saturated rings. The van der Waals surface area contributed by atoms with Gasteiger partial charge < -0.3 is 10.4 Å². The lowest BCUT2D eigenvalue weighted by molar-refractivity contribution is -0.141. The number of carbonyl (C=O) groups excluding carboxylic acids is 1. The molecule has 7 heteroatoms. The van der Waals surface area contributed by atoms with Crippen molar-refractivity contribution in [2.75, 3.05) is 5.75 Å². The van der Waals surface area contributed by atoms with Gasteiger partial charge in [0.25, 0.3) is 5.91 Å². The van der Waals surface area contributed by atoms with E-state index in [0.29, 0.717) is 0 Å². The second-order valence-electron chi connectivity index (χ2n) is 4.79. The molecule has 0 aliphatic carbocycles. The highest BCUT2D eigenvalue weighted by molar-refractivity contribution is 7.91. The van der Waals surface area contributed by atoms with Gasteiger partial charge in [-0.15, -0.1) is 0 Å². The third kappa shape index (κ3) is 4.04. The van der Waals surface area contributed by atoms with E-state index in [1.165, 1.54) is 26.0 Å². The van der Waals surface area contributed by atoms with Crippen LogP contribution >= 0.6 is 0 Å². The number of benzene rings is 1. The molecule has 2 N–H and O–H groups in total. The van der Waals surface area contributed by atoms with Gasteiger partial charge in [-0.3, -0.25) is 9.59 Å². The van der Waals surface area contributed by atoms with E-state index < -0.39 is 33.7 Å². The van der Waals surface area contributed by atoms with E-state index in [1.54, 1.807) is 19.1 Å². The van der Waals surface area contributed by atoms with Crippen LogP contribution in [0, 0.1) is 5.92 Å². The molecule has 0 radical (unpaired) electrons. The number of hydrogen-bond acceptors (Lipinski definition) is 4. The van der Waals surface area contributed by atoms with Crippen LogP contribution in [-0.4, -0.2) is 37.2 Å². The molecule has 116 valence electrons. The summed E-state index contributed by atoms with van der Waals surface area (Å²) < 4.78 is 24.0. The van der Waals surface area contributed by atoms with Crippen molar-refractivity contribution >= 4 is 21.7 Å². The molecule has 0 aliphatic rings. The molecule has 0 saturated heterocycles. The zero-order valence-corrected chi connectivity index (χ0v) is 13.0. The molecule has 0 aromatic heterocycles. The lowest BCUT2D eigenvalue weighted by atomic mass is 10.0. The first-order valence-corrected chi connectivity index (χ1v) is 8.21. The van der Waals surface area contributed by atoms with Crippen molar-refractivity contribution in [3.63, 3.8) is 0 Å². The fraction of sp³-hybridized carbons (Fsp3) is 0.429. The van der Waals surface area contributed by atoms with Crippen LogP contribution in [0.4, 0.5) is 0 Å². The first kappa shape index (κ1) is 17.2. The number of amides is 1. The Morgan fingerprint density at radius 1 is 1.24 bits per heavy atom. The highest BCUT2D eigenvalue weighted by Crippen LogP contribution is 2.17. The summed E-state index contributed by atoms with van der Waals surface area (Å²) in [6, 6.07) is 5.28. The minimum absolute atomic E-state index is 0.0313. The normalized spacial score (nSPS) is 14.2. The number of carbonyl (C=O) groups is 2. The monoisotopic (exact) mass is 313 g/mol. The molecule has 0 heterocycles. The predicted molar refractivity (Wildman–Crippen MR) is 77.9 cm³/mol. The van der Waals surface area contributed by atoms with Gasteiger partial charge in [-0.1, -0.05) is 19.1 Å². The van der Waals surface area contributed by atoms with E-state index >= 15 is 0 Å². The Hall–Kier alpha value is -1.89. The largest absolute Gasteiger partial charge is 0.481 e. The van der Waals surface area contributed by atoms with Gasteiger partial charge in [-0.2, -0.15) is 0 Å². The number of aliphatic carboxylic acids is 1. The molecule has 2 atom stereocenters. The number of carboxylic acids is 1. The summed E-state index contributed by atoms with van der Waals surface area (Å²) in [5.74, 6) is -2.51. The average Bonchev–Trinajstić information content (AvgIpc) is 2.46. The Labute approximate surface area is 124 Å². The summed E-state index contributed by atoms with van der Waals surface area (Å²) in [4.78, 5) is 23.0. The van der Waals surface area contributed by atoms with E-state index in [1.807, 2.05) is 0 Å². The minimum Gasteiger partial charge on any atom is -0.481 e. The van der Waals surface area contributed by atoms with Gasteiger partial charge in [0.05, 0.1) is 22.1 Å². The van der Waals surface area contributed by atoms with Crippen LogP contribution in [0.2, 0.25) is 0 Å². The van der Waals surface area contributed by atoms with Gasteiger partial charge in [0.1, 0.15) is 0 Å². The van der Waals surface area contributed by atoms with Crippen LogP contribution in [0.3, 0.4) is 0 Å². The highest BCUT2D eigenvalue weighted by Gasteiger charge is 2.25. The van der Waals surface area contributed by atoms with Crippen molar-refractivity contribution < 1.29 is 23.1 Å². The molecule has 1 rings (SSSR count). The van der Waals surface area contributed by atoms with Gasteiger partial charge in [0.2, 0.25) is 0 Å². The second-order valence-corrected chi connectivity index (χ2v) is 7.04. The van der Waals surface area contributed by atoms with Gasteiger partial charge in [-0.05, 0) is 26.0 Å².